The molecule has 1 unspecified atom stereocenters. The number of hydrogen-bond acceptors (Lipinski definition) is 5. The number of halogens is 1. The lowest BCUT2D eigenvalue weighted by molar-refractivity contribution is -0.00000751. The molecule has 5 nitrogen and oxygen atoms in total. The van der Waals surface area contributed by atoms with Gasteiger partial charge in [0, 0.05) is 19.7 Å². The van der Waals surface area contributed by atoms with E-state index in [4.69, 9.17) is 18.9 Å². The molecule has 1 atom stereocenters. The summed E-state index contributed by atoms with van der Waals surface area (Å²) >= 11 is 0. The lowest BCUT2D eigenvalue weighted by atomic mass is 10.2. The fourth-order valence-electron chi connectivity index (χ4n) is 3.23. The van der Waals surface area contributed by atoms with E-state index in [-0.39, 0.29) is 12.4 Å². The standard InChI is InChI=1S/C21H25NO4.ClH/c1-2-19(23-9-1)14-22-13-16-3-6-18(7-4-16)26-15-17-5-8-20-21(12-17)25-11-10-24-20;/h3-8,12,19,22H,1-2,9-11,13-15H2;1H/p-1. The fourth-order valence-corrected chi connectivity index (χ4v) is 3.23. The van der Waals surface area contributed by atoms with Crippen LogP contribution in [0.15, 0.2) is 42.5 Å². The summed E-state index contributed by atoms with van der Waals surface area (Å²) in [6, 6.07) is 14.2. The largest absolute Gasteiger partial charge is 1.00 e. The Morgan fingerprint density at radius 3 is 2.48 bits per heavy atom. The summed E-state index contributed by atoms with van der Waals surface area (Å²) in [6.45, 7) is 4.39. The van der Waals surface area contributed by atoms with Crippen LogP contribution >= 0.6 is 0 Å². The Kier molecular flexibility index (Phi) is 7.21. The highest BCUT2D eigenvalue weighted by molar-refractivity contribution is 5.43. The first kappa shape index (κ1) is 19.8. The van der Waals surface area contributed by atoms with Crippen molar-refractivity contribution in [2.45, 2.75) is 32.1 Å². The van der Waals surface area contributed by atoms with E-state index in [0.29, 0.717) is 25.9 Å². The quantitative estimate of drug-likeness (QED) is 0.737. The van der Waals surface area contributed by atoms with Crippen molar-refractivity contribution in [2.24, 2.45) is 0 Å². The van der Waals surface area contributed by atoms with Crippen molar-refractivity contribution in [1.29, 1.82) is 0 Å². The van der Waals surface area contributed by atoms with Gasteiger partial charge in [-0.2, -0.15) is 0 Å². The molecule has 0 saturated carbocycles. The van der Waals surface area contributed by atoms with E-state index in [0.717, 1.165) is 42.5 Å². The summed E-state index contributed by atoms with van der Waals surface area (Å²) in [4.78, 5) is 0. The molecule has 1 saturated heterocycles. The molecule has 6 heteroatoms. The molecule has 27 heavy (non-hydrogen) atoms. The average Bonchev–Trinajstić information content (AvgIpc) is 3.21. The van der Waals surface area contributed by atoms with Crippen molar-refractivity contribution in [3.05, 3.63) is 53.6 Å². The van der Waals surface area contributed by atoms with Crippen LogP contribution in [0.5, 0.6) is 17.2 Å². The lowest BCUT2D eigenvalue weighted by Crippen LogP contribution is -3.00. The smallest absolute Gasteiger partial charge is 0.161 e. The van der Waals surface area contributed by atoms with Crippen LogP contribution in [0.1, 0.15) is 24.0 Å². The molecule has 2 aliphatic rings. The Balaban J connectivity index is 0.00000210. The van der Waals surface area contributed by atoms with Gasteiger partial charge in [-0.15, -0.1) is 0 Å². The number of nitrogens with one attached hydrogen (secondary N) is 1. The minimum atomic E-state index is 0. The van der Waals surface area contributed by atoms with Crippen molar-refractivity contribution < 1.29 is 31.4 Å². The van der Waals surface area contributed by atoms with Crippen LogP contribution in [0.2, 0.25) is 0 Å². The van der Waals surface area contributed by atoms with E-state index < -0.39 is 0 Å². The Labute approximate surface area is 166 Å². The van der Waals surface area contributed by atoms with E-state index in [2.05, 4.69) is 17.4 Å². The van der Waals surface area contributed by atoms with Crippen LogP contribution in [0.25, 0.3) is 0 Å². The number of hydrogen-bond donors (Lipinski definition) is 1. The van der Waals surface area contributed by atoms with E-state index in [1.165, 1.54) is 18.4 Å². The molecule has 1 N–H and O–H groups in total. The highest BCUT2D eigenvalue weighted by Crippen LogP contribution is 2.31. The molecule has 0 spiro atoms. The topological polar surface area (TPSA) is 49.0 Å². The molecule has 4 rings (SSSR count). The third-order valence-corrected chi connectivity index (χ3v) is 4.66. The zero-order chi connectivity index (χ0) is 17.6. The highest BCUT2D eigenvalue weighted by atomic mass is 35.5. The molecule has 0 bridgehead atoms. The molecule has 1 fully saturated rings. The third kappa shape index (κ3) is 5.51. The van der Waals surface area contributed by atoms with Gasteiger partial charge >= 0.3 is 0 Å². The molecule has 0 amide bonds. The molecule has 2 aromatic rings. The minimum Gasteiger partial charge on any atom is -1.00 e. The fraction of sp³-hybridized carbons (Fsp3) is 0.429. The van der Waals surface area contributed by atoms with Crippen molar-refractivity contribution in [3.63, 3.8) is 0 Å². The number of rotatable bonds is 7. The van der Waals surface area contributed by atoms with Gasteiger partial charge in [-0.1, -0.05) is 18.2 Å². The molecule has 2 heterocycles. The molecule has 0 aliphatic carbocycles. The van der Waals surface area contributed by atoms with Crippen molar-refractivity contribution in [3.8, 4) is 17.2 Å². The lowest BCUT2D eigenvalue weighted by Gasteiger charge is -2.19. The second kappa shape index (κ2) is 9.83. The zero-order valence-corrected chi connectivity index (χ0v) is 16.0. The summed E-state index contributed by atoms with van der Waals surface area (Å²) in [5.41, 5.74) is 2.31. The molecular weight excluding hydrogens is 366 g/mol. The number of benzene rings is 2. The van der Waals surface area contributed by atoms with E-state index in [9.17, 15) is 0 Å². The van der Waals surface area contributed by atoms with E-state index in [1.54, 1.807) is 0 Å². The first-order valence-electron chi connectivity index (χ1n) is 9.29. The van der Waals surface area contributed by atoms with Crippen LogP contribution in [-0.2, 0) is 17.9 Å². The van der Waals surface area contributed by atoms with Gasteiger partial charge in [-0.25, -0.2) is 0 Å². The van der Waals surface area contributed by atoms with Gasteiger partial charge < -0.3 is 36.7 Å². The summed E-state index contributed by atoms with van der Waals surface area (Å²) in [5, 5.41) is 3.46. The van der Waals surface area contributed by atoms with Gasteiger partial charge in [0.25, 0.3) is 0 Å². The maximum Gasteiger partial charge on any atom is 0.161 e. The van der Waals surface area contributed by atoms with Gasteiger partial charge in [0.15, 0.2) is 11.5 Å². The van der Waals surface area contributed by atoms with Gasteiger partial charge in [-0.05, 0) is 48.2 Å². The summed E-state index contributed by atoms with van der Waals surface area (Å²) in [7, 11) is 0. The van der Waals surface area contributed by atoms with E-state index >= 15 is 0 Å². The normalized spacial score (nSPS) is 18.0. The van der Waals surface area contributed by atoms with Crippen molar-refractivity contribution >= 4 is 0 Å². The van der Waals surface area contributed by atoms with E-state index in [1.807, 2.05) is 30.3 Å². The summed E-state index contributed by atoms with van der Waals surface area (Å²) in [6.07, 6.45) is 2.73. The molecule has 0 radical (unpaired) electrons. The second-order valence-corrected chi connectivity index (χ2v) is 6.68. The van der Waals surface area contributed by atoms with Crippen LogP contribution < -0.4 is 31.9 Å². The Morgan fingerprint density at radius 1 is 0.926 bits per heavy atom. The first-order valence-corrected chi connectivity index (χ1v) is 9.29. The van der Waals surface area contributed by atoms with Crippen LogP contribution in [0.3, 0.4) is 0 Å². The predicted molar refractivity (Wildman–Crippen MR) is 98.9 cm³/mol. The molecule has 0 aromatic heterocycles. The Morgan fingerprint density at radius 2 is 1.70 bits per heavy atom. The number of fused-ring (bicyclic) bond motifs is 1. The monoisotopic (exact) mass is 390 g/mol. The van der Waals surface area contributed by atoms with Crippen molar-refractivity contribution in [1.82, 2.24) is 5.32 Å². The predicted octanol–water partition coefficient (Wildman–Crippen LogP) is 0.309. The van der Waals surface area contributed by atoms with Gasteiger partial charge in [0.05, 0.1) is 6.10 Å². The molecule has 146 valence electrons. The van der Waals surface area contributed by atoms with Gasteiger partial charge in [0.2, 0.25) is 0 Å². The van der Waals surface area contributed by atoms with Crippen LogP contribution in [0, 0.1) is 0 Å². The Hall–Kier alpha value is -1.95. The minimum absolute atomic E-state index is 0. The SMILES string of the molecule is [Cl-].c1cc(OCc2ccc3c(c2)OCCO3)ccc1CNCC1CCCO1. The molecule has 2 aromatic carbocycles. The number of ether oxygens (including phenoxy) is 4. The highest BCUT2D eigenvalue weighted by Gasteiger charge is 2.14. The van der Waals surface area contributed by atoms with Gasteiger partial charge in [-0.3, -0.25) is 0 Å². The maximum atomic E-state index is 5.89. The molecular formula is C21H25ClNO4-. The summed E-state index contributed by atoms with van der Waals surface area (Å²) < 4.78 is 22.7. The third-order valence-electron chi connectivity index (χ3n) is 4.66. The summed E-state index contributed by atoms with van der Waals surface area (Å²) in [5.74, 6) is 2.47. The zero-order valence-electron chi connectivity index (χ0n) is 15.3. The van der Waals surface area contributed by atoms with Crippen LogP contribution in [0.4, 0.5) is 0 Å². The van der Waals surface area contributed by atoms with Crippen LogP contribution in [-0.4, -0.2) is 32.5 Å². The first-order chi connectivity index (χ1) is 12.9. The molecule has 2 aliphatic heterocycles. The average molecular weight is 391 g/mol. The van der Waals surface area contributed by atoms with Crippen molar-refractivity contribution in [2.75, 3.05) is 26.4 Å². The maximum absolute atomic E-state index is 5.89. The Bertz CT molecular complexity index is 717. The van der Waals surface area contributed by atoms with Gasteiger partial charge in [0.1, 0.15) is 25.6 Å². The second-order valence-electron chi connectivity index (χ2n) is 6.68.